The van der Waals surface area contributed by atoms with Crippen molar-refractivity contribution in [2.45, 2.75) is 6.92 Å². The molecule has 0 aliphatic carbocycles. The maximum atomic E-state index is 13.2. The number of rotatable bonds is 1. The zero-order valence-corrected chi connectivity index (χ0v) is 7.74. The maximum Gasteiger partial charge on any atom is 0.204 e. The SMILES string of the molecule is Cc1ccc(-n2ccnc2N)cc1F. The summed E-state index contributed by atoms with van der Waals surface area (Å²) < 4.78 is 14.9. The third-order valence-electron chi connectivity index (χ3n) is 2.10. The number of aromatic nitrogens is 2. The summed E-state index contributed by atoms with van der Waals surface area (Å²) in [6.07, 6.45) is 3.27. The Kier molecular flexibility index (Phi) is 1.96. The molecule has 0 aliphatic rings. The zero-order chi connectivity index (χ0) is 10.1. The van der Waals surface area contributed by atoms with Crippen LogP contribution in [0.5, 0.6) is 0 Å². The van der Waals surface area contributed by atoms with Gasteiger partial charge in [0.15, 0.2) is 0 Å². The van der Waals surface area contributed by atoms with E-state index in [4.69, 9.17) is 5.73 Å². The molecule has 1 aromatic heterocycles. The molecule has 4 heteroatoms. The van der Waals surface area contributed by atoms with Crippen LogP contribution in [0.4, 0.5) is 10.3 Å². The summed E-state index contributed by atoms with van der Waals surface area (Å²) in [6, 6.07) is 4.95. The van der Waals surface area contributed by atoms with Gasteiger partial charge < -0.3 is 5.73 Å². The lowest BCUT2D eigenvalue weighted by atomic mass is 10.2. The van der Waals surface area contributed by atoms with Gasteiger partial charge in [0, 0.05) is 12.4 Å². The van der Waals surface area contributed by atoms with Gasteiger partial charge in [-0.25, -0.2) is 9.37 Å². The summed E-state index contributed by atoms with van der Waals surface area (Å²) in [7, 11) is 0. The molecular weight excluding hydrogens is 181 g/mol. The fraction of sp³-hybridized carbons (Fsp3) is 0.100. The van der Waals surface area contributed by atoms with Crippen LogP contribution in [0.2, 0.25) is 0 Å². The zero-order valence-electron chi connectivity index (χ0n) is 7.74. The quantitative estimate of drug-likeness (QED) is 0.748. The standard InChI is InChI=1S/C10H10FN3/c1-7-2-3-8(6-9(7)11)14-5-4-13-10(14)12/h2-6H,1H3,(H2,12,13). The maximum absolute atomic E-state index is 13.2. The molecular formula is C10H10FN3. The van der Waals surface area contributed by atoms with E-state index < -0.39 is 0 Å². The molecule has 3 nitrogen and oxygen atoms in total. The molecule has 0 radical (unpaired) electrons. The summed E-state index contributed by atoms with van der Waals surface area (Å²) in [5.74, 6) is 0.115. The number of nitrogens with zero attached hydrogens (tertiary/aromatic N) is 2. The number of imidazole rings is 1. The van der Waals surface area contributed by atoms with Crippen molar-refractivity contribution in [3.63, 3.8) is 0 Å². The summed E-state index contributed by atoms with van der Waals surface area (Å²) in [4.78, 5) is 3.86. The minimum Gasteiger partial charge on any atom is -0.369 e. The van der Waals surface area contributed by atoms with Crippen LogP contribution in [0.3, 0.4) is 0 Å². The minimum absolute atomic E-state index is 0.240. The number of halogens is 1. The monoisotopic (exact) mass is 191 g/mol. The number of anilines is 1. The van der Waals surface area contributed by atoms with Crippen molar-refractivity contribution in [2.75, 3.05) is 5.73 Å². The second kappa shape index (κ2) is 3.14. The lowest BCUT2D eigenvalue weighted by Crippen LogP contribution is -2.00. The van der Waals surface area contributed by atoms with Crippen molar-refractivity contribution < 1.29 is 4.39 Å². The molecule has 0 fully saturated rings. The number of hydrogen-bond acceptors (Lipinski definition) is 2. The number of hydrogen-bond donors (Lipinski definition) is 1. The van der Waals surface area contributed by atoms with Gasteiger partial charge in [-0.05, 0) is 24.6 Å². The molecule has 0 aliphatic heterocycles. The molecule has 1 aromatic carbocycles. The molecule has 14 heavy (non-hydrogen) atoms. The Morgan fingerprint density at radius 2 is 2.21 bits per heavy atom. The van der Waals surface area contributed by atoms with Crippen molar-refractivity contribution in [3.05, 3.63) is 42.0 Å². The van der Waals surface area contributed by atoms with Crippen molar-refractivity contribution in [1.29, 1.82) is 0 Å². The predicted octanol–water partition coefficient (Wildman–Crippen LogP) is 1.90. The van der Waals surface area contributed by atoms with Crippen LogP contribution in [0.25, 0.3) is 5.69 Å². The van der Waals surface area contributed by atoms with E-state index in [0.29, 0.717) is 17.2 Å². The van der Waals surface area contributed by atoms with Crippen LogP contribution >= 0.6 is 0 Å². The number of aryl methyl sites for hydroxylation is 1. The van der Waals surface area contributed by atoms with Crippen LogP contribution in [-0.4, -0.2) is 9.55 Å². The third-order valence-corrected chi connectivity index (χ3v) is 2.10. The van der Waals surface area contributed by atoms with Crippen LogP contribution in [0.1, 0.15) is 5.56 Å². The molecule has 2 rings (SSSR count). The topological polar surface area (TPSA) is 43.8 Å². The smallest absolute Gasteiger partial charge is 0.204 e. The fourth-order valence-corrected chi connectivity index (χ4v) is 1.26. The van der Waals surface area contributed by atoms with Crippen LogP contribution < -0.4 is 5.73 Å². The largest absolute Gasteiger partial charge is 0.369 e. The molecule has 0 saturated heterocycles. The van der Waals surface area contributed by atoms with Gasteiger partial charge in [0.1, 0.15) is 5.82 Å². The second-order valence-corrected chi connectivity index (χ2v) is 3.09. The van der Waals surface area contributed by atoms with Gasteiger partial charge >= 0.3 is 0 Å². The Morgan fingerprint density at radius 1 is 1.43 bits per heavy atom. The van der Waals surface area contributed by atoms with Crippen LogP contribution in [0.15, 0.2) is 30.6 Å². The molecule has 1 heterocycles. The van der Waals surface area contributed by atoms with Gasteiger partial charge in [-0.1, -0.05) is 6.07 Å². The van der Waals surface area contributed by atoms with Gasteiger partial charge in [-0.3, -0.25) is 4.57 Å². The van der Waals surface area contributed by atoms with E-state index in [-0.39, 0.29) is 5.82 Å². The first-order chi connectivity index (χ1) is 6.68. The van der Waals surface area contributed by atoms with Crippen molar-refractivity contribution in [2.24, 2.45) is 0 Å². The highest BCUT2D eigenvalue weighted by molar-refractivity contribution is 5.40. The van der Waals surface area contributed by atoms with E-state index in [1.165, 1.54) is 6.07 Å². The summed E-state index contributed by atoms with van der Waals surface area (Å²) in [5.41, 5.74) is 6.89. The van der Waals surface area contributed by atoms with Gasteiger partial charge in [-0.2, -0.15) is 0 Å². The van der Waals surface area contributed by atoms with Crippen LogP contribution in [-0.2, 0) is 0 Å². The summed E-state index contributed by atoms with van der Waals surface area (Å²) >= 11 is 0. The van der Waals surface area contributed by atoms with Gasteiger partial charge in [0.05, 0.1) is 5.69 Å². The first kappa shape index (κ1) is 8.74. The average Bonchev–Trinajstić information content (AvgIpc) is 2.57. The molecule has 0 bridgehead atoms. The molecule has 2 aromatic rings. The Labute approximate surface area is 81.0 Å². The summed E-state index contributed by atoms with van der Waals surface area (Å²) in [5, 5.41) is 0. The molecule has 72 valence electrons. The Morgan fingerprint density at radius 3 is 2.79 bits per heavy atom. The molecule has 0 unspecified atom stereocenters. The summed E-state index contributed by atoms with van der Waals surface area (Å²) in [6.45, 7) is 1.72. The lowest BCUT2D eigenvalue weighted by Gasteiger charge is -2.05. The molecule has 0 spiro atoms. The van der Waals surface area contributed by atoms with Gasteiger partial charge in [-0.15, -0.1) is 0 Å². The highest BCUT2D eigenvalue weighted by Gasteiger charge is 2.03. The van der Waals surface area contributed by atoms with Gasteiger partial charge in [0.2, 0.25) is 5.95 Å². The molecule has 0 saturated carbocycles. The Hall–Kier alpha value is -1.84. The predicted molar refractivity (Wildman–Crippen MR) is 52.7 cm³/mol. The normalized spacial score (nSPS) is 10.4. The first-order valence-corrected chi connectivity index (χ1v) is 4.24. The van der Waals surface area contributed by atoms with Crippen molar-refractivity contribution >= 4 is 5.95 Å². The lowest BCUT2D eigenvalue weighted by molar-refractivity contribution is 0.617. The third kappa shape index (κ3) is 1.35. The highest BCUT2D eigenvalue weighted by atomic mass is 19.1. The van der Waals surface area contributed by atoms with E-state index in [9.17, 15) is 4.39 Å². The van der Waals surface area contributed by atoms with E-state index in [0.717, 1.165) is 0 Å². The second-order valence-electron chi connectivity index (χ2n) is 3.09. The van der Waals surface area contributed by atoms with E-state index >= 15 is 0 Å². The number of benzene rings is 1. The average molecular weight is 191 g/mol. The number of nitrogen functional groups attached to an aromatic ring is 1. The highest BCUT2D eigenvalue weighted by Crippen LogP contribution is 2.15. The van der Waals surface area contributed by atoms with Crippen LogP contribution in [0, 0.1) is 12.7 Å². The minimum atomic E-state index is -0.240. The Bertz CT molecular complexity index is 462. The van der Waals surface area contributed by atoms with Gasteiger partial charge in [0.25, 0.3) is 0 Å². The number of nitrogens with two attached hydrogens (primary N) is 1. The fourth-order valence-electron chi connectivity index (χ4n) is 1.26. The van der Waals surface area contributed by atoms with Crippen molar-refractivity contribution in [1.82, 2.24) is 9.55 Å². The Balaban J connectivity index is 2.53. The molecule has 0 amide bonds. The molecule has 0 atom stereocenters. The van der Waals surface area contributed by atoms with E-state index in [1.807, 2.05) is 0 Å². The first-order valence-electron chi connectivity index (χ1n) is 4.24. The van der Waals surface area contributed by atoms with E-state index in [1.54, 1.807) is 36.0 Å². The van der Waals surface area contributed by atoms with E-state index in [2.05, 4.69) is 4.98 Å². The van der Waals surface area contributed by atoms with Crippen molar-refractivity contribution in [3.8, 4) is 5.69 Å². The molecule has 2 N–H and O–H groups in total.